The third-order valence-electron chi connectivity index (χ3n) is 5.26. The average Bonchev–Trinajstić information content (AvgIpc) is 2.56. The van der Waals surface area contributed by atoms with Gasteiger partial charge >= 0.3 is 0 Å². The van der Waals surface area contributed by atoms with Gasteiger partial charge in [0.2, 0.25) is 11.8 Å². The van der Waals surface area contributed by atoms with Crippen LogP contribution in [0.2, 0.25) is 0 Å². The van der Waals surface area contributed by atoms with Gasteiger partial charge in [0.15, 0.2) is 0 Å². The van der Waals surface area contributed by atoms with Crippen LogP contribution in [0.15, 0.2) is 36.4 Å². The molecule has 136 valence electrons. The molecule has 1 aliphatic heterocycles. The van der Waals surface area contributed by atoms with Crippen LogP contribution >= 0.6 is 0 Å². The fraction of sp³-hybridized carbons (Fsp3) is 0.364. The molecule has 0 bridgehead atoms. The van der Waals surface area contributed by atoms with Crippen molar-refractivity contribution in [1.29, 1.82) is 0 Å². The van der Waals surface area contributed by atoms with Gasteiger partial charge in [0.1, 0.15) is 12.1 Å². The number of rotatable bonds is 2. The van der Waals surface area contributed by atoms with E-state index in [1.807, 2.05) is 64.1 Å². The van der Waals surface area contributed by atoms with Gasteiger partial charge in [-0.05, 0) is 63.8 Å². The van der Waals surface area contributed by atoms with E-state index in [-0.39, 0.29) is 18.5 Å². The monoisotopic (exact) mass is 350 g/mol. The van der Waals surface area contributed by atoms with E-state index in [2.05, 4.69) is 0 Å². The maximum Gasteiger partial charge on any atom is 0.243 e. The van der Waals surface area contributed by atoms with E-state index in [0.29, 0.717) is 0 Å². The van der Waals surface area contributed by atoms with Crippen LogP contribution in [0.5, 0.6) is 0 Å². The fourth-order valence-corrected chi connectivity index (χ4v) is 3.84. The second-order valence-electron chi connectivity index (χ2n) is 7.71. The number of para-hydroxylation sites is 2. The molecular formula is C22H26N2O2. The maximum absolute atomic E-state index is 13.2. The molecule has 0 unspecified atom stereocenters. The molecule has 0 atom stereocenters. The molecule has 1 saturated heterocycles. The Morgan fingerprint density at radius 1 is 0.692 bits per heavy atom. The van der Waals surface area contributed by atoms with E-state index in [1.54, 1.807) is 23.6 Å². The van der Waals surface area contributed by atoms with E-state index < -0.39 is 5.41 Å². The van der Waals surface area contributed by atoms with Gasteiger partial charge in [0.25, 0.3) is 0 Å². The van der Waals surface area contributed by atoms with Gasteiger partial charge in [-0.2, -0.15) is 0 Å². The number of amides is 2. The van der Waals surface area contributed by atoms with Gasteiger partial charge in [-0.25, -0.2) is 0 Å². The molecule has 2 aromatic carbocycles. The zero-order valence-electron chi connectivity index (χ0n) is 16.4. The lowest BCUT2D eigenvalue weighted by Gasteiger charge is -2.44. The average molecular weight is 350 g/mol. The smallest absolute Gasteiger partial charge is 0.243 e. The molecule has 0 aromatic heterocycles. The molecule has 3 rings (SSSR count). The fourth-order valence-electron chi connectivity index (χ4n) is 3.84. The summed E-state index contributed by atoms with van der Waals surface area (Å²) in [7, 11) is 0. The Kier molecular flexibility index (Phi) is 4.39. The lowest BCUT2D eigenvalue weighted by atomic mass is 9.86. The largest absolute Gasteiger partial charge is 0.292 e. The van der Waals surface area contributed by atoms with E-state index in [9.17, 15) is 9.59 Å². The Morgan fingerprint density at radius 2 is 1.00 bits per heavy atom. The maximum atomic E-state index is 13.2. The van der Waals surface area contributed by atoms with Gasteiger partial charge in [0, 0.05) is 0 Å². The predicted molar refractivity (Wildman–Crippen MR) is 105 cm³/mol. The number of anilines is 2. The van der Waals surface area contributed by atoms with Crippen LogP contribution in [0.1, 0.15) is 36.1 Å². The van der Waals surface area contributed by atoms with Crippen LogP contribution in [0, 0.1) is 33.1 Å². The van der Waals surface area contributed by atoms with Gasteiger partial charge in [-0.15, -0.1) is 0 Å². The van der Waals surface area contributed by atoms with Gasteiger partial charge in [0.05, 0.1) is 11.4 Å². The molecule has 0 spiro atoms. The highest BCUT2D eigenvalue weighted by molar-refractivity contribution is 6.19. The molecule has 0 radical (unpaired) electrons. The standard InChI is InChI=1S/C22H26N2O2/c1-14-9-7-10-15(2)18(14)23-13-24(21(26)22(5,6)20(23)25)19-16(3)11-8-12-17(19)4/h7-12H,13H2,1-6H3. The number of carbonyl (C=O) groups is 2. The molecule has 4 nitrogen and oxygen atoms in total. The minimum Gasteiger partial charge on any atom is -0.292 e. The highest BCUT2D eigenvalue weighted by atomic mass is 16.2. The molecular weight excluding hydrogens is 324 g/mol. The van der Waals surface area contributed by atoms with E-state index in [1.165, 1.54) is 0 Å². The van der Waals surface area contributed by atoms with Crippen molar-refractivity contribution >= 4 is 23.2 Å². The van der Waals surface area contributed by atoms with Crippen LogP contribution < -0.4 is 9.80 Å². The summed E-state index contributed by atoms with van der Waals surface area (Å²) in [6, 6.07) is 12.0. The predicted octanol–water partition coefficient (Wildman–Crippen LogP) is 4.28. The topological polar surface area (TPSA) is 40.6 Å². The first-order chi connectivity index (χ1) is 12.2. The van der Waals surface area contributed by atoms with E-state index >= 15 is 0 Å². The Morgan fingerprint density at radius 3 is 1.31 bits per heavy atom. The first kappa shape index (κ1) is 18.2. The second-order valence-corrected chi connectivity index (χ2v) is 7.71. The van der Waals surface area contributed by atoms with Gasteiger partial charge in [-0.1, -0.05) is 36.4 Å². The SMILES string of the molecule is Cc1cccc(C)c1N1CN(c2c(C)cccc2C)C(=O)C(C)(C)C1=O. The normalized spacial score (nSPS) is 17.0. The van der Waals surface area contributed by atoms with Crippen molar-refractivity contribution in [3.63, 3.8) is 0 Å². The van der Waals surface area contributed by atoms with Crippen molar-refractivity contribution < 1.29 is 9.59 Å². The minimum atomic E-state index is -1.11. The Labute approximate surface area is 155 Å². The van der Waals surface area contributed by atoms with Crippen LogP contribution in [0.3, 0.4) is 0 Å². The molecule has 2 amide bonds. The molecule has 0 saturated carbocycles. The summed E-state index contributed by atoms with van der Waals surface area (Å²) in [5, 5.41) is 0. The van der Waals surface area contributed by atoms with E-state index in [4.69, 9.17) is 0 Å². The number of carbonyl (C=O) groups excluding carboxylic acids is 2. The van der Waals surface area contributed by atoms with Crippen LogP contribution in [0.25, 0.3) is 0 Å². The van der Waals surface area contributed by atoms with Crippen LogP contribution in [0.4, 0.5) is 11.4 Å². The summed E-state index contributed by atoms with van der Waals surface area (Å²) in [5.41, 5.74) is 4.82. The number of benzene rings is 2. The third-order valence-corrected chi connectivity index (χ3v) is 5.26. The minimum absolute atomic E-state index is 0.151. The lowest BCUT2D eigenvalue weighted by molar-refractivity contribution is -0.140. The first-order valence-electron chi connectivity index (χ1n) is 8.92. The number of nitrogens with zero attached hydrogens (tertiary/aromatic N) is 2. The highest BCUT2D eigenvalue weighted by Gasteiger charge is 2.48. The molecule has 4 heteroatoms. The first-order valence-corrected chi connectivity index (χ1v) is 8.92. The molecule has 1 fully saturated rings. The van der Waals surface area contributed by atoms with Crippen molar-refractivity contribution in [3.05, 3.63) is 58.7 Å². The second kappa shape index (κ2) is 6.27. The van der Waals surface area contributed by atoms with Gasteiger partial charge < -0.3 is 0 Å². The molecule has 2 aromatic rings. The van der Waals surface area contributed by atoms with Gasteiger partial charge in [-0.3, -0.25) is 19.4 Å². The Hall–Kier alpha value is -2.62. The molecule has 1 aliphatic rings. The Balaban J connectivity index is 2.17. The van der Waals surface area contributed by atoms with Crippen molar-refractivity contribution in [2.45, 2.75) is 41.5 Å². The summed E-state index contributed by atoms with van der Waals surface area (Å²) >= 11 is 0. The molecule has 0 aliphatic carbocycles. The molecule has 26 heavy (non-hydrogen) atoms. The molecule has 1 heterocycles. The van der Waals surface area contributed by atoms with Crippen LogP contribution in [-0.4, -0.2) is 18.5 Å². The summed E-state index contributed by atoms with van der Waals surface area (Å²) in [6.07, 6.45) is 0. The zero-order chi connectivity index (χ0) is 19.2. The lowest BCUT2D eigenvalue weighted by Crippen LogP contribution is -2.61. The summed E-state index contributed by atoms with van der Waals surface area (Å²) in [5.74, 6) is -0.301. The number of hydrogen-bond donors (Lipinski definition) is 0. The van der Waals surface area contributed by atoms with Crippen molar-refractivity contribution in [3.8, 4) is 0 Å². The van der Waals surface area contributed by atoms with E-state index in [0.717, 1.165) is 33.6 Å². The number of aryl methyl sites for hydroxylation is 4. The van der Waals surface area contributed by atoms with Crippen molar-refractivity contribution in [2.75, 3.05) is 16.5 Å². The van der Waals surface area contributed by atoms with Crippen molar-refractivity contribution in [2.24, 2.45) is 5.41 Å². The van der Waals surface area contributed by atoms with Crippen molar-refractivity contribution in [1.82, 2.24) is 0 Å². The quantitative estimate of drug-likeness (QED) is 0.758. The zero-order valence-corrected chi connectivity index (χ0v) is 16.4. The summed E-state index contributed by atoms with van der Waals surface area (Å²) in [6.45, 7) is 11.7. The number of hydrogen-bond acceptors (Lipinski definition) is 2. The van der Waals surface area contributed by atoms with Crippen LogP contribution in [-0.2, 0) is 9.59 Å². The summed E-state index contributed by atoms with van der Waals surface area (Å²) < 4.78 is 0. The molecule has 0 N–H and O–H groups in total. The summed E-state index contributed by atoms with van der Waals surface area (Å²) in [4.78, 5) is 29.9. The third kappa shape index (κ3) is 2.70. The Bertz CT molecular complexity index is 787. The highest BCUT2D eigenvalue weighted by Crippen LogP contribution is 2.38.